The average Bonchev–Trinajstić information content (AvgIpc) is 2.35. The molecule has 18 heavy (non-hydrogen) atoms. The van der Waals surface area contributed by atoms with E-state index in [1.165, 1.54) is 0 Å². The highest BCUT2D eigenvalue weighted by Gasteiger charge is 2.09. The lowest BCUT2D eigenvalue weighted by molar-refractivity contribution is -0.124. The molecule has 0 aliphatic heterocycles. The fraction of sp³-hybridized carbons (Fsp3) is 0.385. The van der Waals surface area contributed by atoms with E-state index in [9.17, 15) is 9.59 Å². The second kappa shape index (κ2) is 6.05. The number of nitrogens with one attached hydrogen (secondary N) is 2. The highest BCUT2D eigenvalue weighted by Crippen LogP contribution is 2.11. The third kappa shape index (κ3) is 3.76. The summed E-state index contributed by atoms with van der Waals surface area (Å²) >= 11 is 0. The zero-order valence-electron chi connectivity index (χ0n) is 11.2. The molecule has 0 aliphatic rings. The Labute approximate surface area is 107 Å². The first kappa shape index (κ1) is 14.0. The van der Waals surface area contributed by atoms with Gasteiger partial charge in [-0.25, -0.2) is 0 Å². The fourth-order valence-corrected chi connectivity index (χ4v) is 1.25. The molecule has 0 bridgehead atoms. The van der Waals surface area contributed by atoms with Crippen LogP contribution in [0, 0.1) is 5.92 Å². The second-order valence-corrected chi connectivity index (χ2v) is 4.54. The highest BCUT2D eigenvalue weighted by atomic mass is 16.2. The number of hydrogen-bond acceptors (Lipinski definition) is 3. The van der Waals surface area contributed by atoms with Gasteiger partial charge in [-0.2, -0.15) is 0 Å². The predicted molar refractivity (Wildman–Crippen MR) is 71.2 cm³/mol. The van der Waals surface area contributed by atoms with Gasteiger partial charge in [-0.1, -0.05) is 13.8 Å². The Morgan fingerprint density at radius 1 is 1.06 bits per heavy atom. The number of rotatable bonds is 3. The zero-order valence-corrected chi connectivity index (χ0v) is 11.2. The van der Waals surface area contributed by atoms with Crippen molar-refractivity contribution in [2.45, 2.75) is 13.8 Å². The van der Waals surface area contributed by atoms with Crippen molar-refractivity contribution in [3.8, 4) is 0 Å². The molecule has 0 fully saturated rings. The molecular formula is C13H19N3O2. The topological polar surface area (TPSA) is 61.4 Å². The molecule has 0 atom stereocenters. The van der Waals surface area contributed by atoms with E-state index in [0.29, 0.717) is 5.56 Å². The van der Waals surface area contributed by atoms with Gasteiger partial charge in [0, 0.05) is 31.3 Å². The molecule has 0 radical (unpaired) electrons. The smallest absolute Gasteiger partial charge is 0.269 e. The number of anilines is 1. The fourth-order valence-electron chi connectivity index (χ4n) is 1.25. The molecule has 0 aromatic heterocycles. The van der Waals surface area contributed by atoms with Crippen LogP contribution in [0.5, 0.6) is 0 Å². The van der Waals surface area contributed by atoms with E-state index in [4.69, 9.17) is 0 Å². The molecule has 0 unspecified atom stereocenters. The summed E-state index contributed by atoms with van der Waals surface area (Å²) in [4.78, 5) is 24.9. The number of benzene rings is 1. The van der Waals surface area contributed by atoms with Gasteiger partial charge in [0.15, 0.2) is 0 Å². The van der Waals surface area contributed by atoms with Gasteiger partial charge in [-0.3, -0.25) is 20.4 Å². The van der Waals surface area contributed by atoms with Crippen molar-refractivity contribution in [1.29, 1.82) is 0 Å². The van der Waals surface area contributed by atoms with Gasteiger partial charge in [0.05, 0.1) is 0 Å². The predicted octanol–water partition coefficient (Wildman–Crippen LogP) is 1.17. The molecule has 2 N–H and O–H groups in total. The molecule has 1 aromatic rings. The summed E-state index contributed by atoms with van der Waals surface area (Å²) in [6.07, 6.45) is 0. The first-order chi connectivity index (χ1) is 8.41. The van der Waals surface area contributed by atoms with Crippen LogP contribution in [0.1, 0.15) is 24.2 Å². The summed E-state index contributed by atoms with van der Waals surface area (Å²) in [7, 11) is 3.86. The average molecular weight is 249 g/mol. The lowest BCUT2D eigenvalue weighted by Crippen LogP contribution is -2.43. The van der Waals surface area contributed by atoms with Crippen LogP contribution in [-0.4, -0.2) is 25.9 Å². The number of carbonyl (C=O) groups excluding carboxylic acids is 2. The molecule has 0 heterocycles. The second-order valence-electron chi connectivity index (χ2n) is 4.54. The quantitative estimate of drug-likeness (QED) is 0.790. The summed E-state index contributed by atoms with van der Waals surface area (Å²) in [5.74, 6) is -0.705. The Hall–Kier alpha value is -2.04. The van der Waals surface area contributed by atoms with Gasteiger partial charge in [-0.15, -0.1) is 0 Å². The first-order valence-electron chi connectivity index (χ1n) is 5.79. The molecule has 1 rings (SSSR count). The van der Waals surface area contributed by atoms with E-state index in [1.807, 2.05) is 31.1 Å². The molecule has 0 spiro atoms. The van der Waals surface area contributed by atoms with Crippen molar-refractivity contribution in [3.05, 3.63) is 29.8 Å². The van der Waals surface area contributed by atoms with Crippen molar-refractivity contribution in [3.63, 3.8) is 0 Å². The molecule has 98 valence electrons. The lowest BCUT2D eigenvalue weighted by Gasteiger charge is -2.13. The van der Waals surface area contributed by atoms with Gasteiger partial charge in [-0.05, 0) is 24.3 Å². The van der Waals surface area contributed by atoms with Crippen molar-refractivity contribution in [2.24, 2.45) is 5.92 Å². The van der Waals surface area contributed by atoms with Crippen LogP contribution >= 0.6 is 0 Å². The number of hydrogen-bond donors (Lipinski definition) is 2. The normalized spacial score (nSPS) is 10.1. The van der Waals surface area contributed by atoms with Crippen molar-refractivity contribution < 1.29 is 9.59 Å². The Morgan fingerprint density at radius 3 is 2.06 bits per heavy atom. The summed E-state index contributed by atoms with van der Waals surface area (Å²) in [6, 6.07) is 7.12. The zero-order chi connectivity index (χ0) is 13.7. The van der Waals surface area contributed by atoms with E-state index >= 15 is 0 Å². The van der Waals surface area contributed by atoms with Crippen LogP contribution in [-0.2, 0) is 4.79 Å². The van der Waals surface area contributed by atoms with E-state index < -0.39 is 0 Å². The largest absolute Gasteiger partial charge is 0.378 e. The minimum Gasteiger partial charge on any atom is -0.378 e. The minimum atomic E-state index is -0.325. The SMILES string of the molecule is CC(C)C(=O)NNC(=O)c1ccc(N(C)C)cc1. The van der Waals surface area contributed by atoms with Crippen molar-refractivity contribution >= 4 is 17.5 Å². The number of amides is 2. The van der Waals surface area contributed by atoms with Crippen LogP contribution < -0.4 is 15.8 Å². The van der Waals surface area contributed by atoms with Crippen molar-refractivity contribution in [2.75, 3.05) is 19.0 Å². The summed E-state index contributed by atoms with van der Waals surface area (Å²) in [5, 5.41) is 0. The standard InChI is InChI=1S/C13H19N3O2/c1-9(2)12(17)14-15-13(18)10-5-7-11(8-6-10)16(3)4/h5-9H,1-4H3,(H,14,17)(H,15,18). The Balaban J connectivity index is 2.59. The van der Waals surface area contributed by atoms with Gasteiger partial charge in [0.25, 0.3) is 5.91 Å². The van der Waals surface area contributed by atoms with E-state index in [0.717, 1.165) is 5.69 Å². The summed E-state index contributed by atoms with van der Waals surface area (Å²) in [5.41, 5.74) is 6.26. The van der Waals surface area contributed by atoms with E-state index in [2.05, 4.69) is 10.9 Å². The molecule has 2 amide bonds. The Morgan fingerprint density at radius 2 is 1.61 bits per heavy atom. The Kier molecular flexibility index (Phi) is 4.71. The van der Waals surface area contributed by atoms with Crippen LogP contribution in [0.3, 0.4) is 0 Å². The minimum absolute atomic E-state index is 0.165. The molecule has 1 aromatic carbocycles. The van der Waals surface area contributed by atoms with Gasteiger partial charge >= 0.3 is 0 Å². The molecule has 5 heteroatoms. The molecule has 5 nitrogen and oxygen atoms in total. The molecule has 0 aliphatic carbocycles. The maximum atomic E-state index is 11.7. The van der Waals surface area contributed by atoms with Crippen LogP contribution in [0.25, 0.3) is 0 Å². The maximum Gasteiger partial charge on any atom is 0.269 e. The lowest BCUT2D eigenvalue weighted by atomic mass is 10.2. The van der Waals surface area contributed by atoms with E-state index in [-0.39, 0.29) is 17.7 Å². The highest BCUT2D eigenvalue weighted by molar-refractivity contribution is 5.95. The summed E-state index contributed by atoms with van der Waals surface area (Å²) in [6.45, 7) is 3.51. The molecular weight excluding hydrogens is 230 g/mol. The van der Waals surface area contributed by atoms with Crippen LogP contribution in [0.15, 0.2) is 24.3 Å². The Bertz CT molecular complexity index is 424. The number of nitrogens with zero attached hydrogens (tertiary/aromatic N) is 1. The maximum absolute atomic E-state index is 11.7. The first-order valence-corrected chi connectivity index (χ1v) is 5.79. The van der Waals surface area contributed by atoms with Gasteiger partial charge < -0.3 is 4.90 Å². The third-order valence-electron chi connectivity index (χ3n) is 2.47. The van der Waals surface area contributed by atoms with E-state index in [1.54, 1.807) is 26.0 Å². The number of hydrazine groups is 1. The monoisotopic (exact) mass is 249 g/mol. The number of carbonyl (C=O) groups is 2. The third-order valence-corrected chi connectivity index (χ3v) is 2.47. The van der Waals surface area contributed by atoms with Crippen LogP contribution in [0.4, 0.5) is 5.69 Å². The van der Waals surface area contributed by atoms with Crippen molar-refractivity contribution in [1.82, 2.24) is 10.9 Å². The summed E-state index contributed by atoms with van der Waals surface area (Å²) < 4.78 is 0. The van der Waals surface area contributed by atoms with Gasteiger partial charge in [0.1, 0.15) is 0 Å². The molecule has 0 saturated carbocycles. The van der Waals surface area contributed by atoms with Crippen LogP contribution in [0.2, 0.25) is 0 Å². The van der Waals surface area contributed by atoms with Gasteiger partial charge in [0.2, 0.25) is 5.91 Å². The molecule has 0 saturated heterocycles.